The van der Waals surface area contributed by atoms with Crippen LogP contribution in [-0.2, 0) is 9.59 Å². The summed E-state index contributed by atoms with van der Waals surface area (Å²) in [6.45, 7) is 3.90. The van der Waals surface area contributed by atoms with Crippen LogP contribution < -0.4 is 15.0 Å². The smallest absolute Gasteiger partial charge is 0.266 e. The molecule has 0 bridgehead atoms. The summed E-state index contributed by atoms with van der Waals surface area (Å²) in [4.78, 5) is 30.3. The summed E-state index contributed by atoms with van der Waals surface area (Å²) in [5.74, 6) is 0.525. The first-order valence-electron chi connectivity index (χ1n) is 7.94. The van der Waals surface area contributed by atoms with Crippen molar-refractivity contribution >= 4 is 39.2 Å². The van der Waals surface area contributed by atoms with Crippen LogP contribution in [0.5, 0.6) is 5.75 Å². The van der Waals surface area contributed by atoms with E-state index in [4.69, 9.17) is 4.74 Å². The molecule has 2 heterocycles. The van der Waals surface area contributed by atoms with Crippen molar-refractivity contribution < 1.29 is 14.3 Å². The Morgan fingerprint density at radius 1 is 1.32 bits per heavy atom. The number of hydrogen-bond donors (Lipinski definition) is 1. The van der Waals surface area contributed by atoms with Crippen LogP contribution in [0.15, 0.2) is 41.0 Å². The van der Waals surface area contributed by atoms with E-state index in [1.807, 2.05) is 24.3 Å². The molecule has 3 rings (SSSR count). The minimum atomic E-state index is -0.301. The third kappa shape index (κ3) is 3.82. The fraction of sp³-hybridized carbons (Fsp3) is 0.278. The monoisotopic (exact) mass is 403 g/mol. The number of nitrogens with zero attached hydrogens (tertiary/aromatic N) is 2. The first kappa shape index (κ1) is 17.4. The van der Waals surface area contributed by atoms with Crippen molar-refractivity contribution in [1.82, 2.24) is 4.98 Å². The molecule has 6 nitrogen and oxygen atoms in total. The number of carbonyl (C=O) groups is 2. The molecule has 2 aromatic rings. The second-order valence-corrected chi connectivity index (χ2v) is 6.83. The molecule has 0 atom stereocenters. The summed E-state index contributed by atoms with van der Waals surface area (Å²) >= 11 is 3.28. The van der Waals surface area contributed by atoms with Crippen molar-refractivity contribution in [3.63, 3.8) is 0 Å². The van der Waals surface area contributed by atoms with Crippen LogP contribution >= 0.6 is 15.9 Å². The third-order valence-corrected chi connectivity index (χ3v) is 4.31. The Kier molecular flexibility index (Phi) is 5.03. The largest absolute Gasteiger partial charge is 0.480 e. The molecule has 0 fully saturated rings. The summed E-state index contributed by atoms with van der Waals surface area (Å²) in [7, 11) is 0. The van der Waals surface area contributed by atoms with Crippen LogP contribution in [0.4, 0.5) is 11.5 Å². The number of para-hydroxylation sites is 1. The minimum absolute atomic E-state index is 0.105. The Bertz CT molecular complexity index is 823. The Hall–Kier alpha value is -2.41. The molecular formula is C18H18BrN3O3. The molecule has 2 amide bonds. The van der Waals surface area contributed by atoms with Gasteiger partial charge in [-0.25, -0.2) is 4.98 Å². The SMILES string of the molecule is CC(C)c1ccccc1NC(=O)CN1C(=O)COc2ccc(Br)nc21. The van der Waals surface area contributed by atoms with Crippen molar-refractivity contribution in [2.24, 2.45) is 0 Å². The van der Waals surface area contributed by atoms with Crippen LogP contribution in [0.3, 0.4) is 0 Å². The maximum atomic E-state index is 12.5. The first-order valence-corrected chi connectivity index (χ1v) is 8.73. The van der Waals surface area contributed by atoms with Crippen molar-refractivity contribution in [3.8, 4) is 5.75 Å². The van der Waals surface area contributed by atoms with E-state index >= 15 is 0 Å². The van der Waals surface area contributed by atoms with Gasteiger partial charge in [0, 0.05) is 5.69 Å². The van der Waals surface area contributed by atoms with E-state index < -0.39 is 0 Å². The highest BCUT2D eigenvalue weighted by atomic mass is 79.9. The van der Waals surface area contributed by atoms with Gasteiger partial charge in [-0.3, -0.25) is 14.5 Å². The van der Waals surface area contributed by atoms with E-state index in [1.165, 1.54) is 4.90 Å². The second-order valence-electron chi connectivity index (χ2n) is 6.01. The topological polar surface area (TPSA) is 71.5 Å². The number of ether oxygens (including phenoxy) is 1. The minimum Gasteiger partial charge on any atom is -0.480 e. The predicted molar refractivity (Wildman–Crippen MR) is 98.9 cm³/mol. The lowest BCUT2D eigenvalue weighted by atomic mass is 10.0. The summed E-state index contributed by atoms with van der Waals surface area (Å²) in [5.41, 5.74) is 1.80. The molecule has 25 heavy (non-hydrogen) atoms. The predicted octanol–water partition coefficient (Wildman–Crippen LogP) is 3.33. The lowest BCUT2D eigenvalue weighted by molar-refractivity contribution is -0.123. The van der Waals surface area contributed by atoms with Crippen molar-refractivity contribution in [3.05, 3.63) is 46.6 Å². The highest BCUT2D eigenvalue weighted by molar-refractivity contribution is 9.10. The molecule has 1 aliphatic heterocycles. The lowest BCUT2D eigenvalue weighted by Crippen LogP contribution is -2.44. The van der Waals surface area contributed by atoms with Gasteiger partial charge >= 0.3 is 0 Å². The van der Waals surface area contributed by atoms with Gasteiger partial charge in [-0.15, -0.1) is 0 Å². The lowest BCUT2D eigenvalue weighted by Gasteiger charge is -2.27. The zero-order chi connectivity index (χ0) is 18.0. The van der Waals surface area contributed by atoms with Gasteiger partial charge in [-0.2, -0.15) is 0 Å². The number of benzene rings is 1. The average Bonchev–Trinajstić information content (AvgIpc) is 2.58. The van der Waals surface area contributed by atoms with Gasteiger partial charge in [-0.1, -0.05) is 32.0 Å². The Morgan fingerprint density at radius 3 is 2.84 bits per heavy atom. The molecule has 0 unspecified atom stereocenters. The van der Waals surface area contributed by atoms with Crippen LogP contribution in [-0.4, -0.2) is 29.9 Å². The Balaban J connectivity index is 1.80. The molecule has 0 spiro atoms. The van der Waals surface area contributed by atoms with Crippen molar-refractivity contribution in [1.29, 1.82) is 0 Å². The maximum absolute atomic E-state index is 12.5. The standard InChI is InChI=1S/C18H18BrN3O3/c1-11(2)12-5-3-4-6-13(12)20-16(23)9-22-17(24)10-25-14-7-8-15(19)21-18(14)22/h3-8,11H,9-10H2,1-2H3,(H,20,23). The molecule has 7 heteroatoms. The highest BCUT2D eigenvalue weighted by Gasteiger charge is 2.29. The Morgan fingerprint density at radius 2 is 2.08 bits per heavy atom. The van der Waals surface area contributed by atoms with E-state index in [0.717, 1.165) is 11.3 Å². The van der Waals surface area contributed by atoms with Crippen LogP contribution in [0.1, 0.15) is 25.3 Å². The van der Waals surface area contributed by atoms with E-state index in [9.17, 15) is 9.59 Å². The van der Waals surface area contributed by atoms with Gasteiger partial charge in [0.2, 0.25) is 5.91 Å². The van der Waals surface area contributed by atoms with Crippen molar-refractivity contribution in [2.75, 3.05) is 23.4 Å². The van der Waals surface area contributed by atoms with Gasteiger partial charge in [-0.05, 0) is 45.6 Å². The van der Waals surface area contributed by atoms with Gasteiger partial charge in [0.05, 0.1) is 0 Å². The quantitative estimate of drug-likeness (QED) is 0.794. The number of hydrogen-bond acceptors (Lipinski definition) is 4. The third-order valence-electron chi connectivity index (χ3n) is 3.87. The number of anilines is 2. The number of nitrogens with one attached hydrogen (secondary N) is 1. The molecule has 0 saturated heterocycles. The van der Waals surface area contributed by atoms with Gasteiger partial charge in [0.1, 0.15) is 11.1 Å². The fourth-order valence-corrected chi connectivity index (χ4v) is 2.96. The summed E-state index contributed by atoms with van der Waals surface area (Å²) in [6.07, 6.45) is 0. The molecule has 1 N–H and O–H groups in total. The molecule has 0 aliphatic carbocycles. The molecule has 1 aliphatic rings. The van der Waals surface area contributed by atoms with Gasteiger partial charge < -0.3 is 10.1 Å². The van der Waals surface area contributed by atoms with Crippen LogP contribution in [0.25, 0.3) is 0 Å². The number of amides is 2. The number of carbonyl (C=O) groups excluding carboxylic acids is 2. The maximum Gasteiger partial charge on any atom is 0.266 e. The second kappa shape index (κ2) is 7.23. The van der Waals surface area contributed by atoms with E-state index in [0.29, 0.717) is 16.2 Å². The molecule has 0 radical (unpaired) electrons. The zero-order valence-corrected chi connectivity index (χ0v) is 15.5. The number of aromatic nitrogens is 1. The summed E-state index contributed by atoms with van der Waals surface area (Å²) in [5, 5.41) is 2.89. The van der Waals surface area contributed by atoms with Gasteiger partial charge in [0.25, 0.3) is 5.91 Å². The van der Waals surface area contributed by atoms with Crippen LogP contribution in [0.2, 0.25) is 0 Å². The van der Waals surface area contributed by atoms with E-state index in [1.54, 1.807) is 12.1 Å². The van der Waals surface area contributed by atoms with Gasteiger partial charge in [0.15, 0.2) is 18.2 Å². The van der Waals surface area contributed by atoms with E-state index in [2.05, 4.69) is 40.1 Å². The normalized spacial score (nSPS) is 13.4. The van der Waals surface area contributed by atoms with Crippen LogP contribution in [0, 0.1) is 0 Å². The van der Waals surface area contributed by atoms with Crippen molar-refractivity contribution in [2.45, 2.75) is 19.8 Å². The number of fused-ring (bicyclic) bond motifs is 1. The summed E-state index contributed by atoms with van der Waals surface area (Å²) in [6, 6.07) is 11.1. The molecule has 130 valence electrons. The average molecular weight is 404 g/mol. The molecule has 1 aromatic carbocycles. The zero-order valence-electron chi connectivity index (χ0n) is 14.0. The number of halogens is 1. The fourth-order valence-electron chi connectivity index (χ4n) is 2.66. The molecule has 0 saturated carbocycles. The number of rotatable bonds is 4. The molecule has 1 aromatic heterocycles. The highest BCUT2D eigenvalue weighted by Crippen LogP contribution is 2.31. The van der Waals surface area contributed by atoms with E-state index in [-0.39, 0.29) is 30.9 Å². The molecular weight excluding hydrogens is 386 g/mol. The summed E-state index contributed by atoms with van der Waals surface area (Å²) < 4.78 is 5.93. The Labute approximate surface area is 154 Å². The first-order chi connectivity index (χ1) is 12.0. The number of pyridine rings is 1.